The summed E-state index contributed by atoms with van der Waals surface area (Å²) in [6, 6.07) is 19.7. The second kappa shape index (κ2) is 7.19. The number of rotatable bonds is 5. The maximum Gasteiger partial charge on any atom is 0.224 e. The molecule has 0 aliphatic rings. The molecule has 0 unspecified atom stereocenters. The Morgan fingerprint density at radius 2 is 1.85 bits per heavy atom. The highest BCUT2D eigenvalue weighted by atomic mass is 16.1. The van der Waals surface area contributed by atoms with Crippen LogP contribution in [-0.2, 0) is 17.8 Å². The molecule has 0 radical (unpaired) electrons. The van der Waals surface area contributed by atoms with Crippen molar-refractivity contribution in [1.29, 1.82) is 0 Å². The van der Waals surface area contributed by atoms with Crippen molar-refractivity contribution in [3.05, 3.63) is 90.4 Å². The van der Waals surface area contributed by atoms with Crippen molar-refractivity contribution < 1.29 is 4.79 Å². The Balaban J connectivity index is 1.41. The number of nitrogens with zero attached hydrogens (tertiary/aromatic N) is 3. The maximum absolute atomic E-state index is 12.3. The van der Waals surface area contributed by atoms with Gasteiger partial charge in [-0.1, -0.05) is 42.5 Å². The van der Waals surface area contributed by atoms with Crippen LogP contribution in [0.2, 0.25) is 0 Å². The van der Waals surface area contributed by atoms with Gasteiger partial charge in [-0.2, -0.15) is 5.10 Å². The number of fused-ring (bicyclic) bond motifs is 1. The van der Waals surface area contributed by atoms with Gasteiger partial charge in [0.05, 0.1) is 23.8 Å². The van der Waals surface area contributed by atoms with Gasteiger partial charge in [-0.25, -0.2) is 4.68 Å². The van der Waals surface area contributed by atoms with Crippen LogP contribution in [0, 0.1) is 0 Å². The highest BCUT2D eigenvalue weighted by Crippen LogP contribution is 2.16. The van der Waals surface area contributed by atoms with E-state index in [1.54, 1.807) is 17.1 Å². The monoisotopic (exact) mass is 342 g/mol. The Kier molecular flexibility index (Phi) is 4.43. The largest absolute Gasteiger partial charge is 0.352 e. The minimum Gasteiger partial charge on any atom is -0.352 e. The van der Waals surface area contributed by atoms with E-state index in [1.807, 2.05) is 66.9 Å². The summed E-state index contributed by atoms with van der Waals surface area (Å²) in [4.78, 5) is 16.7. The molecule has 0 atom stereocenters. The molecule has 5 nitrogen and oxygen atoms in total. The summed E-state index contributed by atoms with van der Waals surface area (Å²) in [7, 11) is 0. The summed E-state index contributed by atoms with van der Waals surface area (Å²) >= 11 is 0. The van der Waals surface area contributed by atoms with Crippen LogP contribution in [0.15, 0.2) is 79.3 Å². The topological polar surface area (TPSA) is 59.8 Å². The van der Waals surface area contributed by atoms with E-state index in [0.717, 1.165) is 27.7 Å². The van der Waals surface area contributed by atoms with E-state index in [0.29, 0.717) is 13.0 Å². The first-order chi connectivity index (χ1) is 12.8. The highest BCUT2D eigenvalue weighted by Gasteiger charge is 2.08. The zero-order chi connectivity index (χ0) is 17.8. The number of nitrogens with one attached hydrogen (secondary N) is 1. The molecule has 2 heterocycles. The fourth-order valence-electron chi connectivity index (χ4n) is 2.92. The van der Waals surface area contributed by atoms with Crippen molar-refractivity contribution in [2.75, 3.05) is 0 Å². The minimum atomic E-state index is -0.0318. The predicted octanol–water partition coefficient (Wildman–Crippen LogP) is 3.28. The Morgan fingerprint density at radius 1 is 1.00 bits per heavy atom. The number of hydrogen-bond acceptors (Lipinski definition) is 3. The minimum absolute atomic E-state index is 0.0318. The number of pyridine rings is 1. The average molecular weight is 342 g/mol. The van der Waals surface area contributed by atoms with Crippen LogP contribution in [0.5, 0.6) is 0 Å². The van der Waals surface area contributed by atoms with Gasteiger partial charge in [0.1, 0.15) is 0 Å². The zero-order valence-corrected chi connectivity index (χ0v) is 14.2. The van der Waals surface area contributed by atoms with E-state index in [4.69, 9.17) is 0 Å². The number of benzene rings is 2. The molecule has 2 aromatic carbocycles. The summed E-state index contributed by atoms with van der Waals surface area (Å²) < 4.78 is 1.80. The molecule has 2 aromatic heterocycles. The first-order valence-electron chi connectivity index (χ1n) is 8.48. The fraction of sp³-hybridized carbons (Fsp3) is 0.0952. The number of hydrogen-bond donors (Lipinski definition) is 1. The van der Waals surface area contributed by atoms with Crippen molar-refractivity contribution in [2.45, 2.75) is 13.0 Å². The van der Waals surface area contributed by atoms with Gasteiger partial charge >= 0.3 is 0 Å². The van der Waals surface area contributed by atoms with Crippen molar-refractivity contribution in [1.82, 2.24) is 20.1 Å². The van der Waals surface area contributed by atoms with Crippen molar-refractivity contribution >= 4 is 16.8 Å². The Hall–Kier alpha value is -3.47. The van der Waals surface area contributed by atoms with Crippen LogP contribution in [0.25, 0.3) is 16.6 Å². The number of aromatic nitrogens is 3. The molecule has 128 valence electrons. The molecule has 1 N–H and O–H groups in total. The molecule has 0 saturated carbocycles. The molecule has 4 rings (SSSR count). The molecule has 4 aromatic rings. The normalized spacial score (nSPS) is 10.8. The van der Waals surface area contributed by atoms with Gasteiger partial charge in [0.25, 0.3) is 0 Å². The number of para-hydroxylation sites is 2. The molecular weight excluding hydrogens is 324 g/mol. The lowest BCUT2D eigenvalue weighted by atomic mass is 10.1. The highest BCUT2D eigenvalue weighted by molar-refractivity contribution is 5.87. The maximum atomic E-state index is 12.3. The Bertz CT molecular complexity index is 1030. The predicted molar refractivity (Wildman–Crippen MR) is 101 cm³/mol. The smallest absolute Gasteiger partial charge is 0.224 e. The van der Waals surface area contributed by atoms with E-state index < -0.39 is 0 Å². The average Bonchev–Trinajstić information content (AvgIpc) is 3.17. The van der Waals surface area contributed by atoms with Crippen molar-refractivity contribution in [3.63, 3.8) is 0 Å². The first kappa shape index (κ1) is 16.0. The summed E-state index contributed by atoms with van der Waals surface area (Å²) in [6.45, 7) is 0.448. The van der Waals surface area contributed by atoms with Crippen molar-refractivity contribution in [2.24, 2.45) is 0 Å². The number of carbonyl (C=O) groups excluding carboxylic acids is 1. The Morgan fingerprint density at radius 3 is 2.73 bits per heavy atom. The Labute approximate surface area is 151 Å². The molecule has 0 saturated heterocycles. The molecule has 26 heavy (non-hydrogen) atoms. The first-order valence-corrected chi connectivity index (χ1v) is 8.48. The molecule has 0 fully saturated rings. The van der Waals surface area contributed by atoms with Crippen molar-refractivity contribution in [3.8, 4) is 5.69 Å². The second-order valence-electron chi connectivity index (χ2n) is 6.07. The molecule has 1 amide bonds. The van der Waals surface area contributed by atoms with Crippen LogP contribution < -0.4 is 5.32 Å². The van der Waals surface area contributed by atoms with Gasteiger partial charge in [0.15, 0.2) is 0 Å². The fourth-order valence-corrected chi connectivity index (χ4v) is 2.92. The molecule has 0 spiro atoms. The standard InChI is InChI=1S/C21H18N4O/c26-20(12-18-7-4-6-17-8-5-11-22-21(17)18)23-13-16-14-24-25(15-16)19-9-2-1-3-10-19/h1-11,14-15H,12-13H2,(H,23,26). The van der Waals surface area contributed by atoms with E-state index in [-0.39, 0.29) is 5.91 Å². The molecule has 0 bridgehead atoms. The van der Waals surface area contributed by atoms with E-state index in [1.165, 1.54) is 0 Å². The van der Waals surface area contributed by atoms with Crippen LogP contribution in [0.3, 0.4) is 0 Å². The van der Waals surface area contributed by atoms with Gasteiger partial charge in [-0.15, -0.1) is 0 Å². The summed E-state index contributed by atoms with van der Waals surface area (Å²) in [5.41, 5.74) is 3.76. The quantitative estimate of drug-likeness (QED) is 0.605. The SMILES string of the molecule is O=C(Cc1cccc2cccnc12)NCc1cnn(-c2ccccc2)c1. The van der Waals surface area contributed by atoms with Gasteiger partial charge in [0.2, 0.25) is 5.91 Å². The van der Waals surface area contributed by atoms with Gasteiger partial charge in [-0.3, -0.25) is 9.78 Å². The summed E-state index contributed by atoms with van der Waals surface area (Å²) in [6.07, 6.45) is 5.75. The van der Waals surface area contributed by atoms with Gasteiger partial charge in [-0.05, 0) is 23.8 Å². The number of amides is 1. The molecular formula is C21H18N4O. The van der Waals surface area contributed by atoms with Gasteiger partial charge in [0, 0.05) is 29.9 Å². The molecule has 0 aliphatic carbocycles. The summed E-state index contributed by atoms with van der Waals surface area (Å²) in [5, 5.41) is 8.35. The van der Waals surface area contributed by atoms with Crippen LogP contribution in [-0.4, -0.2) is 20.7 Å². The zero-order valence-electron chi connectivity index (χ0n) is 14.2. The van der Waals surface area contributed by atoms with Crippen LogP contribution in [0.1, 0.15) is 11.1 Å². The van der Waals surface area contributed by atoms with E-state index in [2.05, 4.69) is 15.4 Å². The molecule has 5 heteroatoms. The summed E-state index contributed by atoms with van der Waals surface area (Å²) in [5.74, 6) is -0.0318. The third kappa shape index (κ3) is 3.47. The van der Waals surface area contributed by atoms with E-state index >= 15 is 0 Å². The lowest BCUT2D eigenvalue weighted by Gasteiger charge is -2.06. The van der Waals surface area contributed by atoms with Gasteiger partial charge < -0.3 is 5.32 Å². The molecule has 0 aliphatic heterocycles. The third-order valence-electron chi connectivity index (χ3n) is 4.21. The number of carbonyl (C=O) groups is 1. The lowest BCUT2D eigenvalue weighted by Crippen LogP contribution is -2.24. The lowest BCUT2D eigenvalue weighted by molar-refractivity contribution is -0.120. The second-order valence-corrected chi connectivity index (χ2v) is 6.07. The van der Waals surface area contributed by atoms with Crippen LogP contribution in [0.4, 0.5) is 0 Å². The van der Waals surface area contributed by atoms with Crippen LogP contribution >= 0.6 is 0 Å². The van der Waals surface area contributed by atoms with E-state index in [9.17, 15) is 4.79 Å². The third-order valence-corrected chi connectivity index (χ3v) is 4.21.